The maximum Gasteiger partial charge on any atom is 0.253 e. The summed E-state index contributed by atoms with van der Waals surface area (Å²) in [5.41, 5.74) is 6.08. The van der Waals surface area contributed by atoms with E-state index in [0.29, 0.717) is 0 Å². The molecule has 4 N–H and O–H groups in total. The van der Waals surface area contributed by atoms with Crippen molar-refractivity contribution in [3.8, 4) is 0 Å². The lowest BCUT2D eigenvalue weighted by Crippen LogP contribution is -2.29. The molecule has 17 heavy (non-hydrogen) atoms. The summed E-state index contributed by atoms with van der Waals surface area (Å²) in [4.78, 5) is 26.4. The molecule has 0 aliphatic carbocycles. The molecule has 1 rings (SSSR count). The highest BCUT2D eigenvalue weighted by atomic mass is 35.5. The van der Waals surface area contributed by atoms with Crippen molar-refractivity contribution in [3.05, 3.63) is 23.0 Å². The number of pyridine rings is 1. The Bertz CT molecular complexity index is 436. The van der Waals surface area contributed by atoms with Crippen LogP contribution in [0.5, 0.6) is 0 Å². The molecule has 0 saturated carbocycles. The van der Waals surface area contributed by atoms with Gasteiger partial charge in [-0.25, -0.2) is 4.98 Å². The Hall–Kier alpha value is -1.82. The lowest BCUT2D eigenvalue weighted by atomic mass is 10.2. The molecule has 2 amide bonds. The first-order valence-electron chi connectivity index (χ1n) is 4.94. The van der Waals surface area contributed by atoms with Gasteiger partial charge in [-0.3, -0.25) is 9.59 Å². The normalized spacial score (nSPS) is 9.76. The smallest absolute Gasteiger partial charge is 0.253 e. The number of nitrogens with zero attached hydrogens (tertiary/aromatic N) is 1. The van der Waals surface area contributed by atoms with Gasteiger partial charge in [0, 0.05) is 20.0 Å². The summed E-state index contributed by atoms with van der Waals surface area (Å²) >= 11 is 5.66. The van der Waals surface area contributed by atoms with E-state index in [1.807, 2.05) is 0 Å². The Morgan fingerprint density at radius 3 is 2.88 bits per heavy atom. The zero-order valence-corrected chi connectivity index (χ0v) is 10.0. The van der Waals surface area contributed by atoms with Crippen molar-refractivity contribution in [3.63, 3.8) is 0 Å². The summed E-state index contributed by atoms with van der Waals surface area (Å²) in [6.07, 6.45) is 1.52. The van der Waals surface area contributed by atoms with E-state index in [9.17, 15) is 9.59 Å². The van der Waals surface area contributed by atoms with Crippen molar-refractivity contribution in [1.82, 2.24) is 15.6 Å². The van der Waals surface area contributed by atoms with E-state index in [1.54, 1.807) is 0 Å². The highest BCUT2D eigenvalue weighted by Crippen LogP contribution is 2.14. The summed E-state index contributed by atoms with van der Waals surface area (Å²) in [7, 11) is 1.53. The predicted molar refractivity (Wildman–Crippen MR) is 64.7 cm³/mol. The Morgan fingerprint density at radius 2 is 2.24 bits per heavy atom. The molecule has 7 heteroatoms. The summed E-state index contributed by atoms with van der Waals surface area (Å²) in [5, 5.41) is 5.21. The number of rotatable bonds is 4. The maximum atomic E-state index is 11.7. The number of anilines is 1. The van der Waals surface area contributed by atoms with Gasteiger partial charge in [-0.05, 0) is 6.07 Å². The highest BCUT2D eigenvalue weighted by Gasteiger charge is 2.10. The molecule has 0 radical (unpaired) electrons. The molecule has 0 aliphatic heterocycles. The molecule has 1 heterocycles. The van der Waals surface area contributed by atoms with Crippen LogP contribution in [0, 0.1) is 0 Å². The minimum absolute atomic E-state index is 0.147. The lowest BCUT2D eigenvalue weighted by Gasteiger charge is -2.07. The second kappa shape index (κ2) is 6.05. The van der Waals surface area contributed by atoms with E-state index < -0.39 is 0 Å². The quantitative estimate of drug-likeness (QED) is 0.670. The molecule has 0 saturated heterocycles. The van der Waals surface area contributed by atoms with Crippen LogP contribution in [0.3, 0.4) is 0 Å². The molecule has 0 fully saturated rings. The molecule has 0 aliphatic rings. The fourth-order valence-electron chi connectivity index (χ4n) is 1.15. The number of nitrogens with two attached hydrogens (primary N) is 1. The van der Waals surface area contributed by atoms with Crippen molar-refractivity contribution in [2.75, 3.05) is 19.3 Å². The van der Waals surface area contributed by atoms with Crippen LogP contribution in [0.25, 0.3) is 0 Å². The second-order valence-electron chi connectivity index (χ2n) is 3.27. The zero-order valence-electron chi connectivity index (χ0n) is 9.29. The van der Waals surface area contributed by atoms with Gasteiger partial charge in [-0.15, -0.1) is 0 Å². The third kappa shape index (κ3) is 3.92. The Morgan fingerprint density at radius 1 is 1.53 bits per heavy atom. The number of nitrogen functional groups attached to an aromatic ring is 1. The fraction of sp³-hybridized carbons (Fsp3) is 0.300. The van der Waals surface area contributed by atoms with Crippen molar-refractivity contribution in [2.24, 2.45) is 0 Å². The highest BCUT2D eigenvalue weighted by molar-refractivity contribution is 6.29. The number of hydrogen-bond donors (Lipinski definition) is 3. The number of carbonyl (C=O) groups excluding carboxylic acids is 2. The Labute approximate surface area is 104 Å². The largest absolute Gasteiger partial charge is 0.397 e. The molecular formula is C10H13ClN4O2. The van der Waals surface area contributed by atoms with Crippen LogP contribution < -0.4 is 16.4 Å². The molecule has 0 spiro atoms. The van der Waals surface area contributed by atoms with Crippen LogP contribution in [-0.4, -0.2) is 30.4 Å². The number of hydrogen-bond acceptors (Lipinski definition) is 4. The first-order chi connectivity index (χ1) is 8.04. The third-order valence-electron chi connectivity index (χ3n) is 2.06. The van der Waals surface area contributed by atoms with Crippen LogP contribution in [0.15, 0.2) is 12.3 Å². The maximum absolute atomic E-state index is 11.7. The summed E-state index contributed by atoms with van der Waals surface area (Å²) < 4.78 is 0. The first kappa shape index (κ1) is 13.2. The van der Waals surface area contributed by atoms with E-state index in [2.05, 4.69) is 15.6 Å². The van der Waals surface area contributed by atoms with Gasteiger partial charge >= 0.3 is 0 Å². The summed E-state index contributed by atoms with van der Waals surface area (Å²) in [6, 6.07) is 1.38. The van der Waals surface area contributed by atoms with Crippen molar-refractivity contribution in [2.45, 2.75) is 6.42 Å². The minimum atomic E-state index is -0.379. The van der Waals surface area contributed by atoms with Crippen LogP contribution >= 0.6 is 11.6 Å². The van der Waals surface area contributed by atoms with Gasteiger partial charge < -0.3 is 16.4 Å². The third-order valence-corrected chi connectivity index (χ3v) is 2.27. The zero-order chi connectivity index (χ0) is 12.8. The Kier molecular flexibility index (Phi) is 4.71. The molecule has 6 nitrogen and oxygen atoms in total. The number of nitrogens with one attached hydrogen (secondary N) is 2. The van der Waals surface area contributed by atoms with E-state index >= 15 is 0 Å². The van der Waals surface area contributed by atoms with Crippen LogP contribution in [0.1, 0.15) is 16.8 Å². The first-order valence-corrected chi connectivity index (χ1v) is 5.32. The van der Waals surface area contributed by atoms with Gasteiger partial charge in [-0.2, -0.15) is 0 Å². The van der Waals surface area contributed by atoms with E-state index in [0.717, 1.165) is 0 Å². The van der Waals surface area contributed by atoms with Gasteiger partial charge in [0.15, 0.2) is 0 Å². The predicted octanol–water partition coefficient (Wildman–Crippen LogP) is 0.183. The number of aromatic nitrogens is 1. The molecule has 92 valence electrons. The molecule has 1 aromatic heterocycles. The van der Waals surface area contributed by atoms with Gasteiger partial charge in [0.2, 0.25) is 5.91 Å². The number of carbonyl (C=O) groups is 2. The SMILES string of the molecule is CNC(=O)CCNC(=O)c1cc(Cl)ncc1N. The van der Waals surface area contributed by atoms with E-state index in [4.69, 9.17) is 17.3 Å². The molecule has 0 unspecified atom stereocenters. The molecule has 0 atom stereocenters. The number of halogens is 1. The topological polar surface area (TPSA) is 97.1 Å². The minimum Gasteiger partial charge on any atom is -0.397 e. The van der Waals surface area contributed by atoms with Crippen LogP contribution in [0.2, 0.25) is 5.15 Å². The lowest BCUT2D eigenvalue weighted by molar-refractivity contribution is -0.120. The van der Waals surface area contributed by atoms with Gasteiger partial charge in [0.05, 0.1) is 17.4 Å². The standard InChI is InChI=1S/C10H13ClN4O2/c1-13-9(16)2-3-14-10(17)6-4-8(11)15-5-7(6)12/h4-5H,2-3,12H2,1H3,(H,13,16)(H,14,17). The van der Waals surface area contributed by atoms with Crippen molar-refractivity contribution < 1.29 is 9.59 Å². The van der Waals surface area contributed by atoms with Gasteiger partial charge in [0.1, 0.15) is 5.15 Å². The Balaban J connectivity index is 2.58. The van der Waals surface area contributed by atoms with Gasteiger partial charge in [0.25, 0.3) is 5.91 Å². The number of amides is 2. The fourth-order valence-corrected chi connectivity index (χ4v) is 1.30. The molecule has 0 aromatic carbocycles. The van der Waals surface area contributed by atoms with E-state index in [-0.39, 0.29) is 41.2 Å². The van der Waals surface area contributed by atoms with E-state index in [1.165, 1.54) is 19.3 Å². The second-order valence-corrected chi connectivity index (χ2v) is 3.66. The van der Waals surface area contributed by atoms with Gasteiger partial charge in [-0.1, -0.05) is 11.6 Å². The van der Waals surface area contributed by atoms with Crippen LogP contribution in [-0.2, 0) is 4.79 Å². The molecule has 1 aromatic rings. The average Bonchev–Trinajstić information content (AvgIpc) is 2.31. The van der Waals surface area contributed by atoms with Crippen molar-refractivity contribution in [1.29, 1.82) is 0 Å². The monoisotopic (exact) mass is 256 g/mol. The van der Waals surface area contributed by atoms with Crippen molar-refractivity contribution >= 4 is 29.1 Å². The average molecular weight is 257 g/mol. The van der Waals surface area contributed by atoms with Crippen LogP contribution in [0.4, 0.5) is 5.69 Å². The molecular weight excluding hydrogens is 244 g/mol. The summed E-state index contributed by atoms with van der Waals surface area (Å²) in [5.74, 6) is -0.526. The molecule has 0 bridgehead atoms. The summed E-state index contributed by atoms with van der Waals surface area (Å²) in [6.45, 7) is 0.234.